The lowest BCUT2D eigenvalue weighted by Gasteiger charge is -2.26. The number of carbonyl (C=O) groups excluding carboxylic acids is 2. The largest absolute Gasteiger partial charge is 0.322 e. The molecule has 1 fully saturated rings. The first kappa shape index (κ1) is 21.7. The van der Waals surface area contributed by atoms with Gasteiger partial charge in [0.2, 0.25) is 15.9 Å². The number of amides is 2. The minimum Gasteiger partial charge on any atom is -0.322 e. The van der Waals surface area contributed by atoms with E-state index in [2.05, 4.69) is 16.6 Å². The number of nitrogens with one attached hydrogen (secondary N) is 2. The molecule has 0 spiro atoms. The van der Waals surface area contributed by atoms with Gasteiger partial charge in [-0.3, -0.25) is 9.59 Å². The van der Waals surface area contributed by atoms with Gasteiger partial charge in [-0.1, -0.05) is 18.2 Å². The number of rotatable bonds is 8. The molecule has 1 aliphatic rings. The standard InChI is InChI=1S/C22H25N3O4S/c1-2-14-23-30(28,29)16-17-6-10-19(11-7-17)24-22(27)18-8-12-20(13-9-18)25-15-4-3-5-21(25)26/h2,6-13,23H,1,3-5,14-16H2,(H,24,27). The third-order valence-corrected chi connectivity index (χ3v) is 6.10. The van der Waals surface area contributed by atoms with E-state index in [0.717, 1.165) is 18.5 Å². The summed E-state index contributed by atoms with van der Waals surface area (Å²) in [7, 11) is -3.43. The molecule has 2 aromatic carbocycles. The molecule has 2 N–H and O–H groups in total. The van der Waals surface area contributed by atoms with Crippen molar-refractivity contribution in [2.24, 2.45) is 0 Å². The smallest absolute Gasteiger partial charge is 0.255 e. The first-order valence-corrected chi connectivity index (χ1v) is 11.4. The van der Waals surface area contributed by atoms with Crippen LogP contribution in [0, 0.1) is 0 Å². The normalized spacial score (nSPS) is 14.4. The Balaban J connectivity index is 1.60. The monoisotopic (exact) mass is 427 g/mol. The van der Waals surface area contributed by atoms with Crippen molar-refractivity contribution in [2.45, 2.75) is 25.0 Å². The fourth-order valence-electron chi connectivity index (χ4n) is 3.22. The van der Waals surface area contributed by atoms with Crippen LogP contribution in [-0.4, -0.2) is 33.3 Å². The average molecular weight is 428 g/mol. The van der Waals surface area contributed by atoms with Crippen molar-refractivity contribution in [1.29, 1.82) is 0 Å². The van der Waals surface area contributed by atoms with Crippen LogP contribution in [0.2, 0.25) is 0 Å². The van der Waals surface area contributed by atoms with E-state index in [1.807, 2.05) is 0 Å². The van der Waals surface area contributed by atoms with Gasteiger partial charge in [-0.05, 0) is 54.8 Å². The fraction of sp³-hybridized carbons (Fsp3) is 0.273. The molecule has 30 heavy (non-hydrogen) atoms. The van der Waals surface area contributed by atoms with Crippen molar-refractivity contribution < 1.29 is 18.0 Å². The molecule has 2 amide bonds. The predicted octanol–water partition coefficient (Wildman–Crippen LogP) is 3.06. The summed E-state index contributed by atoms with van der Waals surface area (Å²) in [5, 5.41) is 2.79. The summed E-state index contributed by atoms with van der Waals surface area (Å²) >= 11 is 0. The van der Waals surface area contributed by atoms with Gasteiger partial charge in [-0.2, -0.15) is 0 Å². The maximum Gasteiger partial charge on any atom is 0.255 e. The summed E-state index contributed by atoms with van der Waals surface area (Å²) in [5.74, 6) is -0.314. The zero-order valence-corrected chi connectivity index (χ0v) is 17.5. The van der Waals surface area contributed by atoms with E-state index < -0.39 is 10.0 Å². The highest BCUT2D eigenvalue weighted by molar-refractivity contribution is 7.88. The van der Waals surface area contributed by atoms with Crippen molar-refractivity contribution in [3.8, 4) is 0 Å². The number of hydrogen-bond acceptors (Lipinski definition) is 4. The van der Waals surface area contributed by atoms with Gasteiger partial charge in [0.05, 0.1) is 5.75 Å². The number of sulfonamides is 1. The maximum absolute atomic E-state index is 12.5. The van der Waals surface area contributed by atoms with E-state index in [9.17, 15) is 18.0 Å². The van der Waals surface area contributed by atoms with E-state index in [4.69, 9.17) is 0 Å². The molecule has 0 aromatic heterocycles. The zero-order valence-electron chi connectivity index (χ0n) is 16.6. The summed E-state index contributed by atoms with van der Waals surface area (Å²) in [6, 6.07) is 13.6. The van der Waals surface area contributed by atoms with Crippen LogP contribution in [0.3, 0.4) is 0 Å². The highest BCUT2D eigenvalue weighted by Crippen LogP contribution is 2.22. The van der Waals surface area contributed by atoms with Gasteiger partial charge in [0.25, 0.3) is 5.91 Å². The summed E-state index contributed by atoms with van der Waals surface area (Å²) in [6.07, 6.45) is 3.94. The van der Waals surface area contributed by atoms with E-state index in [1.54, 1.807) is 53.4 Å². The molecule has 2 aromatic rings. The molecule has 1 heterocycles. The van der Waals surface area contributed by atoms with Gasteiger partial charge in [-0.25, -0.2) is 13.1 Å². The molecule has 0 bridgehead atoms. The lowest BCUT2D eigenvalue weighted by atomic mass is 10.1. The summed E-state index contributed by atoms with van der Waals surface area (Å²) < 4.78 is 26.2. The Kier molecular flexibility index (Phi) is 7.02. The van der Waals surface area contributed by atoms with E-state index >= 15 is 0 Å². The van der Waals surface area contributed by atoms with Gasteiger partial charge in [0, 0.05) is 36.4 Å². The Bertz CT molecular complexity index is 1020. The lowest BCUT2D eigenvalue weighted by molar-refractivity contribution is -0.119. The van der Waals surface area contributed by atoms with Crippen LogP contribution in [0.15, 0.2) is 61.2 Å². The van der Waals surface area contributed by atoms with Crippen LogP contribution in [0.4, 0.5) is 11.4 Å². The summed E-state index contributed by atoms with van der Waals surface area (Å²) in [4.78, 5) is 26.3. The van der Waals surface area contributed by atoms with Crippen LogP contribution in [-0.2, 0) is 20.6 Å². The van der Waals surface area contributed by atoms with Crippen molar-refractivity contribution in [3.05, 3.63) is 72.3 Å². The van der Waals surface area contributed by atoms with Gasteiger partial charge in [0.1, 0.15) is 0 Å². The lowest BCUT2D eigenvalue weighted by Crippen LogP contribution is -2.35. The molecular weight excluding hydrogens is 402 g/mol. The van der Waals surface area contributed by atoms with Gasteiger partial charge >= 0.3 is 0 Å². The zero-order chi connectivity index (χ0) is 21.6. The molecule has 3 rings (SSSR count). The SMILES string of the molecule is C=CCNS(=O)(=O)Cc1ccc(NC(=O)c2ccc(N3CCCCC3=O)cc2)cc1. The highest BCUT2D eigenvalue weighted by atomic mass is 32.2. The molecule has 1 aliphatic heterocycles. The Hall–Kier alpha value is -2.97. The van der Waals surface area contributed by atoms with Crippen molar-refractivity contribution >= 4 is 33.2 Å². The molecule has 1 saturated heterocycles. The molecule has 158 valence electrons. The van der Waals surface area contributed by atoms with Crippen LogP contribution in [0.5, 0.6) is 0 Å². The number of carbonyl (C=O) groups is 2. The van der Waals surface area contributed by atoms with Crippen LogP contribution in [0.1, 0.15) is 35.2 Å². The van der Waals surface area contributed by atoms with Crippen molar-refractivity contribution in [1.82, 2.24) is 4.72 Å². The first-order chi connectivity index (χ1) is 14.4. The van der Waals surface area contributed by atoms with Crippen LogP contribution >= 0.6 is 0 Å². The first-order valence-electron chi connectivity index (χ1n) is 9.77. The average Bonchev–Trinajstić information content (AvgIpc) is 2.74. The molecule has 0 atom stereocenters. The van der Waals surface area contributed by atoms with Crippen LogP contribution < -0.4 is 14.9 Å². The number of benzene rings is 2. The molecule has 0 saturated carbocycles. The quantitative estimate of drug-likeness (QED) is 0.633. The molecular formula is C22H25N3O4S. The highest BCUT2D eigenvalue weighted by Gasteiger charge is 2.19. The second-order valence-corrected chi connectivity index (χ2v) is 8.90. The number of piperidine rings is 1. The van der Waals surface area contributed by atoms with Crippen LogP contribution in [0.25, 0.3) is 0 Å². The molecule has 0 unspecified atom stereocenters. The Labute approximate surface area is 176 Å². The maximum atomic E-state index is 12.5. The Morgan fingerprint density at radius 1 is 1.07 bits per heavy atom. The van der Waals surface area contributed by atoms with E-state index in [1.165, 1.54) is 6.08 Å². The van der Waals surface area contributed by atoms with Crippen molar-refractivity contribution in [3.63, 3.8) is 0 Å². The second-order valence-electron chi connectivity index (χ2n) is 7.10. The molecule has 7 nitrogen and oxygen atoms in total. The predicted molar refractivity (Wildman–Crippen MR) is 118 cm³/mol. The number of hydrogen-bond donors (Lipinski definition) is 2. The fourth-order valence-corrected chi connectivity index (χ4v) is 4.32. The topological polar surface area (TPSA) is 95.6 Å². The van der Waals surface area contributed by atoms with E-state index in [-0.39, 0.29) is 24.1 Å². The molecule has 8 heteroatoms. The minimum atomic E-state index is -3.43. The van der Waals surface area contributed by atoms with Gasteiger partial charge in [-0.15, -0.1) is 6.58 Å². The van der Waals surface area contributed by atoms with E-state index in [0.29, 0.717) is 29.8 Å². The number of nitrogens with zero attached hydrogens (tertiary/aromatic N) is 1. The Morgan fingerprint density at radius 3 is 2.40 bits per heavy atom. The summed E-state index contributed by atoms with van der Waals surface area (Å²) in [5.41, 5.74) is 2.45. The Morgan fingerprint density at radius 2 is 1.77 bits per heavy atom. The third-order valence-electron chi connectivity index (χ3n) is 4.78. The second kappa shape index (κ2) is 9.69. The van der Waals surface area contributed by atoms with Crippen molar-refractivity contribution in [2.75, 3.05) is 23.3 Å². The van der Waals surface area contributed by atoms with Gasteiger partial charge in [0.15, 0.2) is 0 Å². The molecule has 0 radical (unpaired) electrons. The number of anilines is 2. The van der Waals surface area contributed by atoms with Gasteiger partial charge < -0.3 is 10.2 Å². The third kappa shape index (κ3) is 5.77. The molecule has 0 aliphatic carbocycles. The minimum absolute atomic E-state index is 0.111. The summed E-state index contributed by atoms with van der Waals surface area (Å²) in [6.45, 7) is 4.37.